The van der Waals surface area contributed by atoms with Gasteiger partial charge in [-0.15, -0.1) is 0 Å². The van der Waals surface area contributed by atoms with E-state index in [2.05, 4.69) is 34.6 Å². The van der Waals surface area contributed by atoms with Crippen LogP contribution >= 0.6 is 0 Å². The van der Waals surface area contributed by atoms with Crippen LogP contribution in [0, 0.1) is 0 Å². The van der Waals surface area contributed by atoms with Gasteiger partial charge in [-0.05, 0) is 42.5 Å². The SMILES string of the molecule is COc1cccc(NC(N)=NCC2CCCc3ccccc32)c1. The molecule has 0 saturated heterocycles. The first-order valence-corrected chi connectivity index (χ1v) is 8.05. The number of rotatable bonds is 4. The molecule has 0 bridgehead atoms. The fourth-order valence-corrected chi connectivity index (χ4v) is 3.14. The zero-order valence-corrected chi connectivity index (χ0v) is 13.5. The molecule has 1 unspecified atom stereocenters. The molecule has 120 valence electrons. The highest BCUT2D eigenvalue weighted by atomic mass is 16.5. The zero-order chi connectivity index (χ0) is 16.1. The Balaban J connectivity index is 1.66. The number of guanidine groups is 1. The van der Waals surface area contributed by atoms with Crippen molar-refractivity contribution in [3.63, 3.8) is 0 Å². The first-order chi connectivity index (χ1) is 11.3. The highest BCUT2D eigenvalue weighted by Crippen LogP contribution is 2.31. The summed E-state index contributed by atoms with van der Waals surface area (Å²) >= 11 is 0. The number of aryl methyl sites for hydroxylation is 1. The molecule has 0 radical (unpaired) electrons. The van der Waals surface area contributed by atoms with Crippen LogP contribution < -0.4 is 15.8 Å². The van der Waals surface area contributed by atoms with E-state index in [1.165, 1.54) is 30.4 Å². The first kappa shape index (κ1) is 15.4. The number of nitrogens with two attached hydrogens (primary N) is 1. The zero-order valence-electron chi connectivity index (χ0n) is 13.5. The number of hydrogen-bond donors (Lipinski definition) is 2. The fraction of sp³-hybridized carbons (Fsp3) is 0.316. The summed E-state index contributed by atoms with van der Waals surface area (Å²) in [6, 6.07) is 16.3. The molecule has 0 aromatic heterocycles. The summed E-state index contributed by atoms with van der Waals surface area (Å²) in [5.74, 6) is 1.70. The lowest BCUT2D eigenvalue weighted by Gasteiger charge is -2.24. The largest absolute Gasteiger partial charge is 0.497 e. The predicted octanol–water partition coefficient (Wildman–Crippen LogP) is 3.54. The van der Waals surface area contributed by atoms with Gasteiger partial charge in [0, 0.05) is 24.2 Å². The second kappa shape index (κ2) is 7.18. The molecule has 23 heavy (non-hydrogen) atoms. The van der Waals surface area contributed by atoms with Gasteiger partial charge >= 0.3 is 0 Å². The predicted molar refractivity (Wildman–Crippen MR) is 95.2 cm³/mol. The maximum absolute atomic E-state index is 6.03. The third kappa shape index (κ3) is 3.83. The highest BCUT2D eigenvalue weighted by molar-refractivity contribution is 5.92. The molecule has 1 atom stereocenters. The lowest BCUT2D eigenvalue weighted by Crippen LogP contribution is -2.24. The van der Waals surface area contributed by atoms with Crippen LogP contribution in [0.25, 0.3) is 0 Å². The van der Waals surface area contributed by atoms with E-state index in [4.69, 9.17) is 10.5 Å². The van der Waals surface area contributed by atoms with Crippen LogP contribution in [0.15, 0.2) is 53.5 Å². The van der Waals surface area contributed by atoms with Crippen LogP contribution in [0.5, 0.6) is 5.75 Å². The number of nitrogens with one attached hydrogen (secondary N) is 1. The van der Waals surface area contributed by atoms with Crippen molar-refractivity contribution < 1.29 is 4.74 Å². The number of anilines is 1. The number of methoxy groups -OCH3 is 1. The Kier molecular flexibility index (Phi) is 4.81. The average molecular weight is 309 g/mol. The summed E-state index contributed by atoms with van der Waals surface area (Å²) in [6.07, 6.45) is 3.57. The standard InChI is InChI=1S/C19H23N3O/c1-23-17-10-5-9-16(12-17)22-19(20)21-13-15-8-4-7-14-6-2-3-11-18(14)15/h2-3,5-6,9-12,15H,4,7-8,13H2,1H3,(H3,20,21,22). The topological polar surface area (TPSA) is 59.6 Å². The van der Waals surface area contributed by atoms with E-state index < -0.39 is 0 Å². The van der Waals surface area contributed by atoms with Crippen molar-refractivity contribution in [2.75, 3.05) is 19.0 Å². The van der Waals surface area contributed by atoms with Gasteiger partial charge in [-0.3, -0.25) is 4.99 Å². The van der Waals surface area contributed by atoms with Gasteiger partial charge in [-0.1, -0.05) is 30.3 Å². The maximum Gasteiger partial charge on any atom is 0.193 e. The molecule has 3 rings (SSSR count). The average Bonchev–Trinajstić information content (AvgIpc) is 2.60. The van der Waals surface area contributed by atoms with Gasteiger partial charge in [0.25, 0.3) is 0 Å². The molecule has 4 heteroatoms. The second-order valence-electron chi connectivity index (χ2n) is 5.87. The third-order valence-corrected chi connectivity index (χ3v) is 4.32. The molecule has 0 saturated carbocycles. The van der Waals surface area contributed by atoms with Crippen molar-refractivity contribution >= 4 is 11.6 Å². The van der Waals surface area contributed by atoms with E-state index in [0.717, 1.165) is 18.0 Å². The van der Waals surface area contributed by atoms with Gasteiger partial charge in [-0.25, -0.2) is 0 Å². The van der Waals surface area contributed by atoms with Crippen LogP contribution in [-0.4, -0.2) is 19.6 Å². The molecular formula is C19H23N3O. The van der Waals surface area contributed by atoms with Crippen LogP contribution in [-0.2, 0) is 6.42 Å². The molecule has 2 aromatic carbocycles. The van der Waals surface area contributed by atoms with Gasteiger partial charge in [-0.2, -0.15) is 0 Å². The molecule has 0 fully saturated rings. The van der Waals surface area contributed by atoms with Crippen molar-refractivity contribution in [1.29, 1.82) is 0 Å². The van der Waals surface area contributed by atoms with Crippen molar-refractivity contribution in [2.24, 2.45) is 10.7 Å². The van der Waals surface area contributed by atoms with E-state index in [-0.39, 0.29) is 0 Å². The Morgan fingerprint density at radius 2 is 2.13 bits per heavy atom. The van der Waals surface area contributed by atoms with Crippen LogP contribution in [0.3, 0.4) is 0 Å². The van der Waals surface area contributed by atoms with Gasteiger partial charge in [0.05, 0.1) is 7.11 Å². The number of nitrogens with zero attached hydrogens (tertiary/aromatic N) is 1. The number of hydrogen-bond acceptors (Lipinski definition) is 2. The molecule has 1 aliphatic carbocycles. The minimum atomic E-state index is 0.446. The normalized spacial score (nSPS) is 17.4. The monoisotopic (exact) mass is 309 g/mol. The van der Waals surface area contributed by atoms with E-state index in [9.17, 15) is 0 Å². The summed E-state index contributed by atoms with van der Waals surface area (Å²) < 4.78 is 5.21. The summed E-state index contributed by atoms with van der Waals surface area (Å²) in [4.78, 5) is 4.54. The molecular weight excluding hydrogens is 286 g/mol. The minimum Gasteiger partial charge on any atom is -0.497 e. The number of aliphatic imine (C=N–C) groups is 1. The van der Waals surface area contributed by atoms with Crippen molar-refractivity contribution in [3.05, 3.63) is 59.7 Å². The molecule has 0 amide bonds. The van der Waals surface area contributed by atoms with Gasteiger partial charge in [0.15, 0.2) is 5.96 Å². The van der Waals surface area contributed by atoms with Gasteiger partial charge < -0.3 is 15.8 Å². The quantitative estimate of drug-likeness (QED) is 0.671. The Morgan fingerprint density at radius 1 is 1.26 bits per heavy atom. The van der Waals surface area contributed by atoms with Crippen molar-refractivity contribution in [1.82, 2.24) is 0 Å². The van der Waals surface area contributed by atoms with E-state index in [1.54, 1.807) is 7.11 Å². The van der Waals surface area contributed by atoms with Crippen molar-refractivity contribution in [3.8, 4) is 5.75 Å². The summed E-state index contributed by atoms with van der Waals surface area (Å²) in [5, 5.41) is 3.13. The Hall–Kier alpha value is -2.49. The highest BCUT2D eigenvalue weighted by Gasteiger charge is 2.19. The van der Waals surface area contributed by atoms with Crippen LogP contribution in [0.2, 0.25) is 0 Å². The third-order valence-electron chi connectivity index (χ3n) is 4.32. The fourth-order valence-electron chi connectivity index (χ4n) is 3.14. The van der Waals surface area contributed by atoms with Gasteiger partial charge in [0.1, 0.15) is 5.75 Å². The Morgan fingerprint density at radius 3 is 3.00 bits per heavy atom. The molecule has 4 nitrogen and oxygen atoms in total. The second-order valence-corrected chi connectivity index (χ2v) is 5.87. The number of ether oxygens (including phenoxy) is 1. The first-order valence-electron chi connectivity index (χ1n) is 8.05. The smallest absolute Gasteiger partial charge is 0.193 e. The number of fused-ring (bicyclic) bond motifs is 1. The Bertz CT molecular complexity index is 697. The molecule has 1 aliphatic rings. The molecule has 2 aromatic rings. The summed E-state index contributed by atoms with van der Waals surface area (Å²) in [7, 11) is 1.65. The van der Waals surface area contributed by atoms with Crippen LogP contribution in [0.4, 0.5) is 5.69 Å². The minimum absolute atomic E-state index is 0.446. The van der Waals surface area contributed by atoms with Gasteiger partial charge in [0.2, 0.25) is 0 Å². The molecule has 0 aliphatic heterocycles. The van der Waals surface area contributed by atoms with E-state index >= 15 is 0 Å². The molecule has 0 heterocycles. The van der Waals surface area contributed by atoms with E-state index in [1.807, 2.05) is 24.3 Å². The maximum atomic E-state index is 6.03. The number of benzene rings is 2. The van der Waals surface area contributed by atoms with Crippen molar-refractivity contribution in [2.45, 2.75) is 25.2 Å². The lowest BCUT2D eigenvalue weighted by molar-refractivity contribution is 0.415. The van der Waals surface area contributed by atoms with Crippen LogP contribution in [0.1, 0.15) is 29.9 Å². The van der Waals surface area contributed by atoms with E-state index in [0.29, 0.717) is 11.9 Å². The molecule has 0 spiro atoms. The Labute approximate surface area is 137 Å². The lowest BCUT2D eigenvalue weighted by atomic mass is 9.83. The molecule has 3 N–H and O–H groups in total. The summed E-state index contributed by atoms with van der Waals surface area (Å²) in [5.41, 5.74) is 9.80. The summed E-state index contributed by atoms with van der Waals surface area (Å²) in [6.45, 7) is 0.722.